The molecule has 13 heteroatoms. The zero-order valence-electron chi connectivity index (χ0n) is 25.4. The molecule has 1 unspecified atom stereocenters. The lowest BCUT2D eigenvalue weighted by atomic mass is 9.83. The van der Waals surface area contributed by atoms with E-state index in [1.54, 1.807) is 0 Å². The van der Waals surface area contributed by atoms with Gasteiger partial charge in [0.25, 0.3) is 0 Å². The molecule has 0 saturated heterocycles. The van der Waals surface area contributed by atoms with E-state index in [9.17, 15) is 33.9 Å². The van der Waals surface area contributed by atoms with Gasteiger partial charge in [-0.2, -0.15) is 12.6 Å². The van der Waals surface area contributed by atoms with E-state index in [2.05, 4.69) is 33.9 Å². The number of hydrogen-bond acceptors (Lipinski definition) is 7. The van der Waals surface area contributed by atoms with Gasteiger partial charge in [-0.3, -0.25) is 24.0 Å². The highest BCUT2D eigenvalue weighted by molar-refractivity contribution is 7.80. The molecule has 0 radical (unpaired) electrons. The number of amides is 4. The highest BCUT2D eigenvalue weighted by Gasteiger charge is 2.37. The molecule has 6 N–H and O–H groups in total. The maximum Gasteiger partial charge on any atom is 0.327 e. The van der Waals surface area contributed by atoms with Gasteiger partial charge in [0.2, 0.25) is 23.6 Å². The van der Waals surface area contributed by atoms with Gasteiger partial charge in [-0.1, -0.05) is 71.6 Å². The number of thiol groups is 1. The molecule has 0 heterocycles. The maximum atomic E-state index is 13.7. The number of carbonyl (C=O) groups is 6. The Kier molecular flexibility index (Phi) is 15.9. The highest BCUT2D eigenvalue weighted by atomic mass is 32.1. The van der Waals surface area contributed by atoms with Gasteiger partial charge in [0.05, 0.1) is 6.42 Å². The van der Waals surface area contributed by atoms with Crippen molar-refractivity contribution in [3.8, 4) is 0 Å². The first-order valence-electron chi connectivity index (χ1n) is 15.7. The lowest BCUT2D eigenvalue weighted by Crippen LogP contribution is -2.60. The van der Waals surface area contributed by atoms with Crippen molar-refractivity contribution in [3.05, 3.63) is 0 Å². The molecule has 43 heavy (non-hydrogen) atoms. The summed E-state index contributed by atoms with van der Waals surface area (Å²) in [6, 6.07) is -4.14. The van der Waals surface area contributed by atoms with E-state index in [4.69, 9.17) is 5.11 Å². The predicted octanol–water partition coefficient (Wildman–Crippen LogP) is 2.40. The van der Waals surface area contributed by atoms with Crippen molar-refractivity contribution in [2.24, 2.45) is 17.8 Å². The van der Waals surface area contributed by atoms with E-state index in [1.165, 1.54) is 0 Å². The number of nitrogens with one attached hydrogen (secondary N) is 4. The van der Waals surface area contributed by atoms with Crippen LogP contribution in [0, 0.1) is 17.8 Å². The molecule has 0 aliphatic heterocycles. The molecule has 2 rings (SSSR count). The second-order valence-corrected chi connectivity index (χ2v) is 12.5. The van der Waals surface area contributed by atoms with Gasteiger partial charge in [-0.15, -0.1) is 0 Å². The van der Waals surface area contributed by atoms with Crippen LogP contribution in [0.4, 0.5) is 0 Å². The largest absolute Gasteiger partial charge is 0.481 e. The lowest BCUT2D eigenvalue weighted by Gasteiger charge is -2.33. The SMILES string of the molecule is CCC(C)[C@H](NC(=O)[C@@H](NC(=O)CCC(=O)O)C1CCCCC1)C(=O)N[C@@H](CC1CCCCC1)C(=O)N[C@@H](CS)C(=O)O. The van der Waals surface area contributed by atoms with Gasteiger partial charge in [0.15, 0.2) is 0 Å². The second-order valence-electron chi connectivity index (χ2n) is 12.1. The number of aliphatic carboxylic acids is 2. The van der Waals surface area contributed by atoms with Crippen LogP contribution < -0.4 is 21.3 Å². The predicted molar refractivity (Wildman–Crippen MR) is 163 cm³/mol. The quantitative estimate of drug-likeness (QED) is 0.120. The zero-order chi connectivity index (χ0) is 31.9. The van der Waals surface area contributed by atoms with Crippen molar-refractivity contribution in [1.82, 2.24) is 21.3 Å². The van der Waals surface area contributed by atoms with Crippen LogP contribution in [0.25, 0.3) is 0 Å². The van der Waals surface area contributed by atoms with Crippen LogP contribution in [-0.2, 0) is 28.8 Å². The van der Waals surface area contributed by atoms with E-state index in [0.29, 0.717) is 12.8 Å². The molecule has 4 amide bonds. The standard InChI is InChI=1S/C30H50N4O8S/c1-3-18(2)25(34-29(40)26(20-12-8-5-9-13-20)33-23(35)14-15-24(36)37)28(39)31-21(16-19-10-6-4-7-11-19)27(38)32-22(17-43)30(41)42/h18-22,25-26,43H,3-17H2,1-2H3,(H,31,39)(H,32,38)(H,33,35)(H,34,40)(H,36,37)(H,41,42)/t18?,21-,22-,25-,26-/m0/s1. The van der Waals surface area contributed by atoms with Crippen LogP contribution in [-0.4, -0.2) is 75.7 Å². The zero-order valence-corrected chi connectivity index (χ0v) is 26.3. The Morgan fingerprint density at radius 2 is 1.33 bits per heavy atom. The van der Waals surface area contributed by atoms with Gasteiger partial charge in [-0.05, 0) is 37.0 Å². The summed E-state index contributed by atoms with van der Waals surface area (Å²) in [5, 5.41) is 29.2. The molecule has 2 aliphatic rings. The van der Waals surface area contributed by atoms with E-state index >= 15 is 0 Å². The van der Waals surface area contributed by atoms with Gasteiger partial charge in [0.1, 0.15) is 24.2 Å². The highest BCUT2D eigenvalue weighted by Crippen LogP contribution is 2.28. The average molecular weight is 627 g/mol. The van der Waals surface area contributed by atoms with Gasteiger partial charge < -0.3 is 31.5 Å². The average Bonchev–Trinajstić information content (AvgIpc) is 2.99. The first-order chi connectivity index (χ1) is 20.5. The Balaban J connectivity index is 2.24. The van der Waals surface area contributed by atoms with Crippen LogP contribution in [0.15, 0.2) is 0 Å². The molecular weight excluding hydrogens is 576 g/mol. The first kappa shape index (κ1) is 36.4. The molecule has 12 nitrogen and oxygen atoms in total. The lowest BCUT2D eigenvalue weighted by molar-refractivity contribution is -0.142. The minimum absolute atomic E-state index is 0.114. The fourth-order valence-corrected chi connectivity index (χ4v) is 6.23. The fraction of sp³-hybridized carbons (Fsp3) is 0.800. The first-order valence-corrected chi connectivity index (χ1v) is 16.4. The number of hydrogen-bond donors (Lipinski definition) is 7. The van der Waals surface area contributed by atoms with Crippen LogP contribution in [0.5, 0.6) is 0 Å². The molecule has 2 aliphatic carbocycles. The van der Waals surface area contributed by atoms with Gasteiger partial charge in [0, 0.05) is 12.2 Å². The van der Waals surface area contributed by atoms with Crippen LogP contribution in [0.1, 0.15) is 104 Å². The summed E-state index contributed by atoms with van der Waals surface area (Å²) in [5.74, 6) is -4.97. The van der Waals surface area contributed by atoms with Crippen molar-refractivity contribution in [3.63, 3.8) is 0 Å². The Labute approximate surface area is 259 Å². The van der Waals surface area contributed by atoms with Crippen LogP contribution in [0.2, 0.25) is 0 Å². The van der Waals surface area contributed by atoms with E-state index in [1.807, 2.05) is 13.8 Å². The molecule has 2 fully saturated rings. The summed E-state index contributed by atoms with van der Waals surface area (Å²) in [5.41, 5.74) is 0. The molecule has 0 bridgehead atoms. The number of carboxylic acids is 2. The van der Waals surface area contributed by atoms with Crippen molar-refractivity contribution >= 4 is 48.2 Å². The molecule has 0 spiro atoms. The van der Waals surface area contributed by atoms with Crippen molar-refractivity contribution in [2.45, 2.75) is 128 Å². The monoisotopic (exact) mass is 626 g/mol. The topological polar surface area (TPSA) is 191 Å². The van der Waals surface area contributed by atoms with Gasteiger partial charge in [-0.25, -0.2) is 4.79 Å². The van der Waals surface area contributed by atoms with Gasteiger partial charge >= 0.3 is 11.9 Å². The summed E-state index contributed by atoms with van der Waals surface area (Å²) in [7, 11) is 0. The number of carboxylic acid groups (broad SMARTS) is 2. The molecule has 0 aromatic carbocycles. The van der Waals surface area contributed by atoms with Crippen molar-refractivity contribution in [2.75, 3.05) is 5.75 Å². The molecular formula is C30H50N4O8S. The summed E-state index contributed by atoms with van der Waals surface area (Å²) < 4.78 is 0. The van der Waals surface area contributed by atoms with Crippen LogP contribution in [0.3, 0.4) is 0 Å². The Morgan fingerprint density at radius 1 is 0.744 bits per heavy atom. The Hall–Kier alpha value is -2.83. The summed E-state index contributed by atoms with van der Waals surface area (Å²) in [6.45, 7) is 3.68. The second kappa shape index (κ2) is 18.7. The smallest absolute Gasteiger partial charge is 0.327 e. The third kappa shape index (κ3) is 12.4. The van der Waals surface area contributed by atoms with E-state index in [0.717, 1.165) is 64.2 Å². The minimum Gasteiger partial charge on any atom is -0.481 e. The molecule has 244 valence electrons. The molecule has 5 atom stereocenters. The van der Waals surface area contributed by atoms with Crippen LogP contribution >= 0.6 is 12.6 Å². The molecule has 0 aromatic rings. The van der Waals surface area contributed by atoms with E-state index in [-0.39, 0.29) is 36.3 Å². The Morgan fingerprint density at radius 3 is 1.86 bits per heavy atom. The fourth-order valence-electron chi connectivity index (χ4n) is 5.98. The minimum atomic E-state index is -1.23. The molecule has 0 aromatic heterocycles. The van der Waals surface area contributed by atoms with Crippen molar-refractivity contribution in [1.29, 1.82) is 0 Å². The maximum absolute atomic E-state index is 13.7. The number of carbonyl (C=O) groups excluding carboxylic acids is 4. The summed E-state index contributed by atoms with van der Waals surface area (Å²) in [4.78, 5) is 75.7. The normalized spacial score (nSPS) is 19.6. The Bertz CT molecular complexity index is 968. The number of rotatable bonds is 17. The summed E-state index contributed by atoms with van der Waals surface area (Å²) in [6.07, 6.45) is 9.50. The molecule has 2 saturated carbocycles. The summed E-state index contributed by atoms with van der Waals surface area (Å²) >= 11 is 4.03. The van der Waals surface area contributed by atoms with Crippen molar-refractivity contribution < 1.29 is 39.0 Å². The third-order valence-electron chi connectivity index (χ3n) is 8.80. The third-order valence-corrected chi connectivity index (χ3v) is 9.17. The van der Waals surface area contributed by atoms with E-state index < -0.39 is 59.7 Å².